The molecule has 0 aromatic rings. The standard InChI is InChI=1S/C61H106O6/c1-4-7-10-13-16-19-22-25-28-29-30-31-34-36-39-42-45-48-51-54-60(63)66-57-58(67-61(64)55-52-49-46-43-40-37-33-27-24-21-18-15-12-9-6-3)56-65-59(62)53-50-47-44-41-38-35-32-26-23-20-17-14-11-8-5-2/h7,10,16,19,21,24-25,28,30-31,36,39,58H,4-6,8-9,11-15,17-18,20,22-23,26-27,29,32-35,37-38,40-57H2,1-3H3/b10-7-,19-16-,24-21-,28-25-,31-30-,39-36-/t58-/m0/s1. The van der Waals surface area contributed by atoms with Gasteiger partial charge in [-0.05, 0) is 89.9 Å². The summed E-state index contributed by atoms with van der Waals surface area (Å²) < 4.78 is 16.8. The van der Waals surface area contributed by atoms with E-state index in [0.717, 1.165) is 96.3 Å². The molecule has 6 nitrogen and oxygen atoms in total. The molecule has 0 saturated heterocycles. The van der Waals surface area contributed by atoms with Gasteiger partial charge in [-0.15, -0.1) is 0 Å². The van der Waals surface area contributed by atoms with E-state index in [4.69, 9.17) is 14.2 Å². The van der Waals surface area contributed by atoms with Crippen molar-refractivity contribution in [1.29, 1.82) is 0 Å². The number of allylic oxidation sites excluding steroid dienone is 12. The van der Waals surface area contributed by atoms with Crippen molar-refractivity contribution in [3.05, 3.63) is 72.9 Å². The minimum Gasteiger partial charge on any atom is -0.462 e. The van der Waals surface area contributed by atoms with Crippen molar-refractivity contribution in [2.75, 3.05) is 13.2 Å². The Balaban J connectivity index is 4.43. The molecule has 0 aliphatic rings. The number of hydrogen-bond donors (Lipinski definition) is 0. The fourth-order valence-electron chi connectivity index (χ4n) is 7.93. The van der Waals surface area contributed by atoms with Crippen LogP contribution in [0.25, 0.3) is 0 Å². The summed E-state index contributed by atoms with van der Waals surface area (Å²) in [7, 11) is 0. The molecule has 0 bridgehead atoms. The molecule has 0 spiro atoms. The molecular weight excluding hydrogens is 829 g/mol. The molecule has 0 aliphatic heterocycles. The highest BCUT2D eigenvalue weighted by Gasteiger charge is 2.19. The molecule has 386 valence electrons. The van der Waals surface area contributed by atoms with E-state index >= 15 is 0 Å². The van der Waals surface area contributed by atoms with E-state index in [1.54, 1.807) is 0 Å². The van der Waals surface area contributed by atoms with Crippen LogP contribution in [0.1, 0.15) is 278 Å². The Bertz CT molecular complexity index is 1260. The lowest BCUT2D eigenvalue weighted by molar-refractivity contribution is -0.167. The summed E-state index contributed by atoms with van der Waals surface area (Å²) >= 11 is 0. The molecule has 0 aliphatic carbocycles. The number of rotatable bonds is 51. The van der Waals surface area contributed by atoms with Gasteiger partial charge in [0.2, 0.25) is 0 Å². The van der Waals surface area contributed by atoms with Gasteiger partial charge in [0.15, 0.2) is 6.10 Å². The van der Waals surface area contributed by atoms with Gasteiger partial charge in [0.05, 0.1) is 0 Å². The molecule has 0 radical (unpaired) electrons. The van der Waals surface area contributed by atoms with Crippen LogP contribution >= 0.6 is 0 Å². The molecule has 0 N–H and O–H groups in total. The van der Waals surface area contributed by atoms with Crippen molar-refractivity contribution in [3.8, 4) is 0 Å². The average Bonchev–Trinajstić information content (AvgIpc) is 3.33. The van der Waals surface area contributed by atoms with E-state index in [0.29, 0.717) is 19.3 Å². The van der Waals surface area contributed by atoms with Crippen LogP contribution in [-0.4, -0.2) is 37.2 Å². The van der Waals surface area contributed by atoms with Gasteiger partial charge in [0, 0.05) is 19.3 Å². The largest absolute Gasteiger partial charge is 0.462 e. The van der Waals surface area contributed by atoms with Gasteiger partial charge in [-0.3, -0.25) is 14.4 Å². The lowest BCUT2D eigenvalue weighted by atomic mass is 10.0. The van der Waals surface area contributed by atoms with Gasteiger partial charge < -0.3 is 14.2 Å². The summed E-state index contributed by atoms with van der Waals surface area (Å²) in [5.41, 5.74) is 0. The van der Waals surface area contributed by atoms with Crippen molar-refractivity contribution in [2.45, 2.75) is 284 Å². The van der Waals surface area contributed by atoms with Crippen molar-refractivity contribution in [2.24, 2.45) is 0 Å². The second kappa shape index (κ2) is 55.4. The fraction of sp³-hybridized carbons (Fsp3) is 0.754. The first-order chi connectivity index (χ1) is 33.0. The number of unbranched alkanes of at least 4 members (excludes halogenated alkanes) is 28. The number of hydrogen-bond acceptors (Lipinski definition) is 6. The summed E-state index contributed by atoms with van der Waals surface area (Å²) in [6, 6.07) is 0. The highest BCUT2D eigenvalue weighted by atomic mass is 16.6. The molecule has 0 heterocycles. The zero-order valence-electron chi connectivity index (χ0n) is 44.2. The Hall–Kier alpha value is -3.15. The third-order valence-corrected chi connectivity index (χ3v) is 12.2. The first-order valence-electron chi connectivity index (χ1n) is 28.4. The molecular formula is C61H106O6. The maximum absolute atomic E-state index is 12.8. The smallest absolute Gasteiger partial charge is 0.306 e. The first kappa shape index (κ1) is 63.8. The van der Waals surface area contributed by atoms with Gasteiger partial charge >= 0.3 is 17.9 Å². The Morgan fingerprint density at radius 3 is 0.955 bits per heavy atom. The van der Waals surface area contributed by atoms with Crippen LogP contribution in [0.3, 0.4) is 0 Å². The Kier molecular flexibility index (Phi) is 52.8. The van der Waals surface area contributed by atoms with Crippen LogP contribution < -0.4 is 0 Å². The predicted octanol–water partition coefficient (Wildman–Crippen LogP) is 19.0. The van der Waals surface area contributed by atoms with Crippen LogP contribution in [0, 0.1) is 0 Å². The quantitative estimate of drug-likeness (QED) is 0.0262. The van der Waals surface area contributed by atoms with E-state index in [-0.39, 0.29) is 31.1 Å². The Labute approximate surface area is 414 Å². The third kappa shape index (κ3) is 53.7. The first-order valence-corrected chi connectivity index (χ1v) is 28.4. The maximum atomic E-state index is 12.8. The van der Waals surface area contributed by atoms with E-state index < -0.39 is 6.10 Å². The number of carbonyl (C=O) groups is 3. The highest BCUT2D eigenvalue weighted by Crippen LogP contribution is 2.16. The molecule has 0 saturated carbocycles. The maximum Gasteiger partial charge on any atom is 0.306 e. The monoisotopic (exact) mass is 935 g/mol. The van der Waals surface area contributed by atoms with E-state index in [2.05, 4.69) is 93.7 Å². The van der Waals surface area contributed by atoms with E-state index in [1.165, 1.54) is 141 Å². The molecule has 0 aromatic carbocycles. The van der Waals surface area contributed by atoms with Gasteiger partial charge in [0.1, 0.15) is 13.2 Å². The molecule has 0 aromatic heterocycles. The minimum atomic E-state index is -0.790. The Morgan fingerprint density at radius 2 is 0.582 bits per heavy atom. The second-order valence-corrected chi connectivity index (χ2v) is 18.8. The topological polar surface area (TPSA) is 78.9 Å². The molecule has 67 heavy (non-hydrogen) atoms. The average molecular weight is 936 g/mol. The number of esters is 3. The lowest BCUT2D eigenvalue weighted by Crippen LogP contribution is -2.30. The van der Waals surface area contributed by atoms with Crippen LogP contribution in [-0.2, 0) is 28.6 Å². The van der Waals surface area contributed by atoms with Crippen molar-refractivity contribution < 1.29 is 28.6 Å². The summed E-state index contributed by atoms with van der Waals surface area (Å²) in [6.07, 6.45) is 70.3. The summed E-state index contributed by atoms with van der Waals surface area (Å²) in [5, 5.41) is 0. The van der Waals surface area contributed by atoms with Crippen LogP contribution in [0.2, 0.25) is 0 Å². The SMILES string of the molecule is CC/C=C\C/C=C\C/C=C\C/C=C\C/C=C\CCCCCC(=O)OC[C@H](COC(=O)CCCCCCCCCCCCCCCCC)OC(=O)CCCCCCCCC/C=C\CCCCCC. The summed E-state index contributed by atoms with van der Waals surface area (Å²) in [5.74, 6) is -0.914. The van der Waals surface area contributed by atoms with Gasteiger partial charge in [0.25, 0.3) is 0 Å². The van der Waals surface area contributed by atoms with Gasteiger partial charge in [-0.2, -0.15) is 0 Å². The molecule has 0 fully saturated rings. The Morgan fingerprint density at radius 1 is 0.313 bits per heavy atom. The third-order valence-electron chi connectivity index (χ3n) is 12.2. The second-order valence-electron chi connectivity index (χ2n) is 18.8. The van der Waals surface area contributed by atoms with Crippen LogP contribution in [0.5, 0.6) is 0 Å². The normalized spacial score (nSPS) is 12.6. The fourth-order valence-corrected chi connectivity index (χ4v) is 7.93. The van der Waals surface area contributed by atoms with Crippen molar-refractivity contribution in [1.82, 2.24) is 0 Å². The predicted molar refractivity (Wildman–Crippen MR) is 288 cm³/mol. The molecule has 0 unspecified atom stereocenters. The highest BCUT2D eigenvalue weighted by molar-refractivity contribution is 5.71. The number of carbonyl (C=O) groups excluding carboxylic acids is 3. The molecule has 0 rings (SSSR count). The molecule has 6 heteroatoms. The van der Waals surface area contributed by atoms with Crippen LogP contribution in [0.15, 0.2) is 72.9 Å². The van der Waals surface area contributed by atoms with Crippen molar-refractivity contribution >= 4 is 17.9 Å². The minimum absolute atomic E-state index is 0.0854. The molecule has 1 atom stereocenters. The van der Waals surface area contributed by atoms with E-state index in [1.807, 2.05) is 0 Å². The summed E-state index contributed by atoms with van der Waals surface area (Å²) in [4.78, 5) is 38.1. The van der Waals surface area contributed by atoms with Gasteiger partial charge in [-0.1, -0.05) is 241 Å². The van der Waals surface area contributed by atoms with Crippen LogP contribution in [0.4, 0.5) is 0 Å². The van der Waals surface area contributed by atoms with Crippen molar-refractivity contribution in [3.63, 3.8) is 0 Å². The zero-order chi connectivity index (χ0) is 48.6. The number of ether oxygens (including phenoxy) is 3. The zero-order valence-corrected chi connectivity index (χ0v) is 44.2. The lowest BCUT2D eigenvalue weighted by Gasteiger charge is -2.18. The summed E-state index contributed by atoms with van der Waals surface area (Å²) in [6.45, 7) is 6.50. The molecule has 0 amide bonds. The van der Waals surface area contributed by atoms with Gasteiger partial charge in [-0.25, -0.2) is 0 Å². The van der Waals surface area contributed by atoms with E-state index in [9.17, 15) is 14.4 Å².